The van der Waals surface area contributed by atoms with E-state index in [1.165, 1.54) is 37.4 Å². The summed E-state index contributed by atoms with van der Waals surface area (Å²) in [6, 6.07) is 12.4. The lowest BCUT2D eigenvalue weighted by Crippen LogP contribution is -2.18. The topological polar surface area (TPSA) is 114 Å². The monoisotopic (exact) mass is 326 g/mol. The largest absolute Gasteiger partial charge is 0.326 e. The Morgan fingerprint density at radius 2 is 1.79 bits per heavy atom. The molecule has 0 aliphatic rings. The maximum atomic E-state index is 12.0. The van der Waals surface area contributed by atoms with Crippen molar-refractivity contribution in [3.63, 3.8) is 0 Å². The Morgan fingerprint density at radius 3 is 2.42 bits per heavy atom. The van der Waals surface area contributed by atoms with E-state index in [0.29, 0.717) is 11.3 Å². The highest BCUT2D eigenvalue weighted by Gasteiger charge is 2.18. The van der Waals surface area contributed by atoms with Crippen molar-refractivity contribution in [2.45, 2.75) is 6.92 Å². The molecule has 0 bridgehead atoms. The van der Waals surface area contributed by atoms with Gasteiger partial charge in [0.1, 0.15) is 5.56 Å². The molecule has 0 saturated heterocycles. The molecule has 0 aromatic heterocycles. The Labute approximate surface area is 137 Å². The van der Waals surface area contributed by atoms with Gasteiger partial charge < -0.3 is 5.32 Å². The molecule has 0 spiro atoms. The van der Waals surface area contributed by atoms with E-state index in [-0.39, 0.29) is 17.2 Å². The van der Waals surface area contributed by atoms with Crippen LogP contribution >= 0.6 is 0 Å². The number of para-hydroxylation sites is 1. The van der Waals surface area contributed by atoms with Crippen LogP contribution in [0.15, 0.2) is 53.6 Å². The van der Waals surface area contributed by atoms with Crippen molar-refractivity contribution in [2.24, 2.45) is 5.10 Å². The molecule has 2 amide bonds. The van der Waals surface area contributed by atoms with E-state index in [4.69, 9.17) is 0 Å². The molecule has 0 aliphatic carbocycles. The smallest absolute Gasteiger partial charge is 0.282 e. The fourth-order valence-electron chi connectivity index (χ4n) is 1.91. The SMILES string of the molecule is CC(=O)Nc1ccc(/C=N/NC(=O)c2ccccc2[N+](=O)[O-])cc1. The lowest BCUT2D eigenvalue weighted by atomic mass is 10.2. The molecule has 122 valence electrons. The molecule has 0 unspecified atom stereocenters. The second-order valence-corrected chi connectivity index (χ2v) is 4.78. The van der Waals surface area contributed by atoms with E-state index in [0.717, 1.165) is 0 Å². The molecule has 0 aliphatic heterocycles. The maximum Gasteiger partial charge on any atom is 0.282 e. The van der Waals surface area contributed by atoms with Crippen LogP contribution in [0.3, 0.4) is 0 Å². The van der Waals surface area contributed by atoms with Crippen LogP contribution in [-0.2, 0) is 4.79 Å². The Bertz CT molecular complexity index is 800. The highest BCUT2D eigenvalue weighted by atomic mass is 16.6. The number of benzene rings is 2. The first kappa shape index (κ1) is 16.8. The second kappa shape index (κ2) is 7.63. The lowest BCUT2D eigenvalue weighted by Gasteiger charge is -2.02. The van der Waals surface area contributed by atoms with Crippen LogP contribution < -0.4 is 10.7 Å². The molecule has 2 aromatic rings. The van der Waals surface area contributed by atoms with Gasteiger partial charge in [0.05, 0.1) is 11.1 Å². The molecule has 2 N–H and O–H groups in total. The van der Waals surface area contributed by atoms with E-state index in [9.17, 15) is 19.7 Å². The van der Waals surface area contributed by atoms with Crippen LogP contribution in [0.25, 0.3) is 0 Å². The average molecular weight is 326 g/mol. The van der Waals surface area contributed by atoms with E-state index in [1.54, 1.807) is 24.3 Å². The molecule has 0 fully saturated rings. The van der Waals surface area contributed by atoms with Gasteiger partial charge in [-0.05, 0) is 23.8 Å². The van der Waals surface area contributed by atoms with Gasteiger partial charge >= 0.3 is 0 Å². The quantitative estimate of drug-likeness (QED) is 0.498. The average Bonchev–Trinajstić information content (AvgIpc) is 2.56. The first-order valence-electron chi connectivity index (χ1n) is 6.92. The number of hydrazone groups is 1. The molecule has 0 radical (unpaired) electrons. The zero-order valence-corrected chi connectivity index (χ0v) is 12.7. The van der Waals surface area contributed by atoms with Crippen molar-refractivity contribution >= 4 is 29.4 Å². The summed E-state index contributed by atoms with van der Waals surface area (Å²) in [7, 11) is 0. The van der Waals surface area contributed by atoms with Crippen molar-refractivity contribution in [1.29, 1.82) is 0 Å². The number of anilines is 1. The van der Waals surface area contributed by atoms with Gasteiger partial charge in [-0.3, -0.25) is 19.7 Å². The molecule has 8 nitrogen and oxygen atoms in total. The molecule has 0 saturated carbocycles. The number of hydrogen-bond acceptors (Lipinski definition) is 5. The van der Waals surface area contributed by atoms with Crippen LogP contribution in [0.5, 0.6) is 0 Å². The number of hydrogen-bond donors (Lipinski definition) is 2. The van der Waals surface area contributed by atoms with Crippen molar-refractivity contribution < 1.29 is 14.5 Å². The van der Waals surface area contributed by atoms with Gasteiger partial charge in [-0.1, -0.05) is 24.3 Å². The lowest BCUT2D eigenvalue weighted by molar-refractivity contribution is -0.385. The predicted molar refractivity (Wildman–Crippen MR) is 88.9 cm³/mol. The van der Waals surface area contributed by atoms with Crippen molar-refractivity contribution in [1.82, 2.24) is 5.43 Å². The Balaban J connectivity index is 2.02. The summed E-state index contributed by atoms with van der Waals surface area (Å²) < 4.78 is 0. The van der Waals surface area contributed by atoms with E-state index >= 15 is 0 Å². The molecule has 2 aromatic carbocycles. The third kappa shape index (κ3) is 4.47. The van der Waals surface area contributed by atoms with Gasteiger partial charge in [0, 0.05) is 18.7 Å². The van der Waals surface area contributed by atoms with E-state index in [1.807, 2.05) is 0 Å². The van der Waals surface area contributed by atoms with E-state index in [2.05, 4.69) is 15.8 Å². The van der Waals surface area contributed by atoms with Crippen LogP contribution in [0, 0.1) is 10.1 Å². The van der Waals surface area contributed by atoms with Gasteiger partial charge in [-0.2, -0.15) is 5.10 Å². The molecule has 24 heavy (non-hydrogen) atoms. The summed E-state index contributed by atoms with van der Waals surface area (Å²) in [6.07, 6.45) is 1.39. The fraction of sp³-hybridized carbons (Fsp3) is 0.0625. The third-order valence-electron chi connectivity index (χ3n) is 2.96. The number of carbonyl (C=O) groups is 2. The zero-order valence-electron chi connectivity index (χ0n) is 12.7. The summed E-state index contributed by atoms with van der Waals surface area (Å²) in [5, 5.41) is 17.3. The molecular weight excluding hydrogens is 312 g/mol. The third-order valence-corrected chi connectivity index (χ3v) is 2.96. The molecule has 0 atom stereocenters. The minimum Gasteiger partial charge on any atom is -0.326 e. The number of carbonyl (C=O) groups excluding carboxylic acids is 2. The standard InChI is InChI=1S/C16H14N4O4/c1-11(21)18-13-8-6-12(7-9-13)10-17-19-16(22)14-4-2-3-5-15(14)20(23)24/h2-10H,1H3,(H,18,21)(H,19,22)/b17-10+. The maximum absolute atomic E-state index is 12.0. The summed E-state index contributed by atoms with van der Waals surface area (Å²) in [5.41, 5.74) is 3.22. The normalized spacial score (nSPS) is 10.4. The molecule has 2 rings (SSSR count). The zero-order chi connectivity index (χ0) is 17.5. The number of nitro benzene ring substituents is 1. The van der Waals surface area contributed by atoms with Crippen LogP contribution in [0.1, 0.15) is 22.8 Å². The van der Waals surface area contributed by atoms with Gasteiger partial charge in [-0.25, -0.2) is 5.43 Å². The molecule has 0 heterocycles. The highest BCUT2D eigenvalue weighted by molar-refractivity contribution is 5.98. The minimum absolute atomic E-state index is 0.0688. The van der Waals surface area contributed by atoms with Crippen molar-refractivity contribution in [3.8, 4) is 0 Å². The number of nitrogens with zero attached hydrogens (tertiary/aromatic N) is 2. The Hall–Kier alpha value is -3.55. The Morgan fingerprint density at radius 1 is 1.12 bits per heavy atom. The Kier molecular flexibility index (Phi) is 5.35. The van der Waals surface area contributed by atoms with Crippen LogP contribution in [-0.4, -0.2) is 23.0 Å². The summed E-state index contributed by atoms with van der Waals surface area (Å²) >= 11 is 0. The predicted octanol–water partition coefficient (Wildman–Crippen LogP) is 2.32. The van der Waals surface area contributed by atoms with Gasteiger partial charge in [-0.15, -0.1) is 0 Å². The van der Waals surface area contributed by atoms with Gasteiger partial charge in [0.2, 0.25) is 5.91 Å². The highest BCUT2D eigenvalue weighted by Crippen LogP contribution is 2.17. The first-order chi connectivity index (χ1) is 11.5. The minimum atomic E-state index is -0.673. The van der Waals surface area contributed by atoms with Crippen molar-refractivity contribution in [3.05, 3.63) is 69.8 Å². The van der Waals surface area contributed by atoms with Crippen LogP contribution in [0.4, 0.5) is 11.4 Å². The first-order valence-corrected chi connectivity index (χ1v) is 6.92. The van der Waals surface area contributed by atoms with E-state index < -0.39 is 10.8 Å². The molecular formula is C16H14N4O4. The molecule has 8 heteroatoms. The number of nitro groups is 1. The number of nitrogens with one attached hydrogen (secondary N) is 2. The number of amides is 2. The second-order valence-electron chi connectivity index (χ2n) is 4.78. The summed E-state index contributed by atoms with van der Waals surface area (Å²) in [5.74, 6) is -0.846. The summed E-state index contributed by atoms with van der Waals surface area (Å²) in [4.78, 5) is 33.1. The van der Waals surface area contributed by atoms with Gasteiger partial charge in [0.25, 0.3) is 11.6 Å². The van der Waals surface area contributed by atoms with Crippen LogP contribution in [0.2, 0.25) is 0 Å². The van der Waals surface area contributed by atoms with Crippen molar-refractivity contribution in [2.75, 3.05) is 5.32 Å². The number of rotatable bonds is 5. The fourth-order valence-corrected chi connectivity index (χ4v) is 1.91. The van der Waals surface area contributed by atoms with Gasteiger partial charge in [0.15, 0.2) is 0 Å². The summed E-state index contributed by atoms with van der Waals surface area (Å²) in [6.45, 7) is 1.41.